The lowest BCUT2D eigenvalue weighted by Gasteiger charge is -2.36. The number of fused-ring (bicyclic) bond motifs is 3. The quantitative estimate of drug-likeness (QED) is 0.538. The Bertz CT molecular complexity index is 1060. The Hall–Kier alpha value is -1.40. The number of piperazine rings is 1. The normalized spacial score (nSPS) is 17.3. The number of halogens is 2. The van der Waals surface area contributed by atoms with Crippen LogP contribution >= 0.6 is 34.5 Å². The van der Waals surface area contributed by atoms with E-state index < -0.39 is 0 Å². The van der Waals surface area contributed by atoms with Gasteiger partial charge in [-0.15, -0.1) is 11.3 Å². The summed E-state index contributed by atoms with van der Waals surface area (Å²) < 4.78 is 0. The van der Waals surface area contributed by atoms with Crippen molar-refractivity contribution in [1.29, 1.82) is 0 Å². The van der Waals surface area contributed by atoms with Gasteiger partial charge in [-0.05, 0) is 42.5 Å². The largest absolute Gasteiger partial charge is 0.353 e. The van der Waals surface area contributed by atoms with Crippen LogP contribution in [0.4, 0.5) is 5.82 Å². The topological polar surface area (TPSA) is 32.3 Å². The van der Waals surface area contributed by atoms with Crippen LogP contribution in [-0.2, 0) is 25.8 Å². The lowest BCUT2D eigenvalue weighted by atomic mass is 10.1. The fourth-order valence-corrected chi connectivity index (χ4v) is 6.16. The number of nitrogens with zero attached hydrogens (tertiary/aromatic N) is 4. The zero-order chi connectivity index (χ0) is 20.0. The van der Waals surface area contributed by atoms with Gasteiger partial charge in [0.25, 0.3) is 0 Å². The van der Waals surface area contributed by atoms with E-state index in [1.807, 2.05) is 29.5 Å². The van der Waals surface area contributed by atoms with Crippen LogP contribution in [-0.4, -0.2) is 41.0 Å². The van der Waals surface area contributed by atoms with Gasteiger partial charge in [-0.1, -0.05) is 36.2 Å². The fraction of sp³-hybridized carbons (Fsp3) is 0.455. The summed E-state index contributed by atoms with van der Waals surface area (Å²) in [6, 6.07) is 5.78. The van der Waals surface area contributed by atoms with E-state index >= 15 is 0 Å². The van der Waals surface area contributed by atoms with Gasteiger partial charge in [0.15, 0.2) is 0 Å². The summed E-state index contributed by atoms with van der Waals surface area (Å²) in [5, 5.41) is 2.76. The lowest BCUT2D eigenvalue weighted by molar-refractivity contribution is 0.249. The van der Waals surface area contributed by atoms with Gasteiger partial charge in [0, 0.05) is 54.1 Å². The smallest absolute Gasteiger partial charge is 0.141 e. The minimum atomic E-state index is 0.686. The third kappa shape index (κ3) is 3.74. The summed E-state index contributed by atoms with van der Waals surface area (Å²) in [6.45, 7) is 6.95. The highest BCUT2D eigenvalue weighted by Crippen LogP contribution is 2.40. The standard InChI is InChI=1S/C22H24Cl2N4S/c1-2-19-25-21(20-16-4-3-5-18(16)29-22(20)26-19)28-10-8-27(9-11-28)13-14-6-7-15(23)12-17(14)24/h6-7,12H,2-5,8-11,13H2,1H3. The molecule has 2 aliphatic rings. The maximum atomic E-state index is 6.38. The molecule has 0 unspecified atom stereocenters. The Morgan fingerprint density at radius 3 is 2.66 bits per heavy atom. The Morgan fingerprint density at radius 1 is 1.07 bits per heavy atom. The van der Waals surface area contributed by atoms with E-state index in [0.717, 1.165) is 61.4 Å². The van der Waals surface area contributed by atoms with Crippen LogP contribution in [0.5, 0.6) is 0 Å². The number of hydrogen-bond acceptors (Lipinski definition) is 5. The minimum Gasteiger partial charge on any atom is -0.353 e. The Labute approximate surface area is 185 Å². The van der Waals surface area contributed by atoms with Gasteiger partial charge in [0.2, 0.25) is 0 Å². The van der Waals surface area contributed by atoms with Crippen LogP contribution in [0.15, 0.2) is 18.2 Å². The molecule has 152 valence electrons. The van der Waals surface area contributed by atoms with Crippen LogP contribution in [0.3, 0.4) is 0 Å². The zero-order valence-electron chi connectivity index (χ0n) is 16.5. The van der Waals surface area contributed by atoms with E-state index in [2.05, 4.69) is 16.7 Å². The monoisotopic (exact) mass is 446 g/mol. The first-order chi connectivity index (χ1) is 14.1. The Morgan fingerprint density at radius 2 is 1.90 bits per heavy atom. The summed E-state index contributed by atoms with van der Waals surface area (Å²) >= 11 is 14.3. The van der Waals surface area contributed by atoms with Crippen molar-refractivity contribution < 1.29 is 0 Å². The summed E-state index contributed by atoms with van der Waals surface area (Å²) in [4.78, 5) is 17.5. The van der Waals surface area contributed by atoms with Crippen molar-refractivity contribution in [2.45, 2.75) is 39.2 Å². The molecule has 2 aromatic heterocycles. The molecule has 5 rings (SSSR count). The Balaban J connectivity index is 1.37. The second-order valence-corrected chi connectivity index (χ2v) is 9.78. The molecule has 0 atom stereocenters. The van der Waals surface area contributed by atoms with Gasteiger partial charge in [-0.25, -0.2) is 9.97 Å². The number of anilines is 1. The third-order valence-corrected chi connectivity index (χ3v) is 7.76. The highest BCUT2D eigenvalue weighted by atomic mass is 35.5. The van der Waals surface area contributed by atoms with Crippen LogP contribution in [0.2, 0.25) is 10.0 Å². The SMILES string of the molecule is CCc1nc(N2CCN(Cc3ccc(Cl)cc3Cl)CC2)c2c3c(sc2n1)CCC3. The molecule has 1 aromatic carbocycles. The van der Waals surface area contributed by atoms with Crippen molar-refractivity contribution >= 4 is 50.6 Å². The molecule has 0 N–H and O–H groups in total. The van der Waals surface area contributed by atoms with Crippen molar-refractivity contribution in [2.75, 3.05) is 31.1 Å². The predicted molar refractivity (Wildman–Crippen MR) is 123 cm³/mol. The van der Waals surface area contributed by atoms with Crippen molar-refractivity contribution in [3.8, 4) is 0 Å². The number of thiophene rings is 1. The van der Waals surface area contributed by atoms with Gasteiger partial charge in [0.1, 0.15) is 16.5 Å². The van der Waals surface area contributed by atoms with Gasteiger partial charge in [0.05, 0.1) is 5.39 Å². The maximum absolute atomic E-state index is 6.38. The summed E-state index contributed by atoms with van der Waals surface area (Å²) in [6.07, 6.45) is 4.52. The predicted octanol–water partition coefficient (Wildman–Crippen LogP) is 5.37. The average molecular weight is 447 g/mol. The molecule has 0 bridgehead atoms. The number of hydrogen-bond donors (Lipinski definition) is 0. The van der Waals surface area contributed by atoms with Crippen LogP contribution in [0.25, 0.3) is 10.2 Å². The second kappa shape index (κ2) is 8.03. The lowest BCUT2D eigenvalue weighted by Crippen LogP contribution is -2.46. The van der Waals surface area contributed by atoms with Crippen molar-refractivity contribution in [1.82, 2.24) is 14.9 Å². The molecule has 7 heteroatoms. The molecular weight excluding hydrogens is 423 g/mol. The molecular formula is C22H24Cl2N4S. The summed E-state index contributed by atoms with van der Waals surface area (Å²) in [7, 11) is 0. The van der Waals surface area contributed by atoms with E-state index in [9.17, 15) is 0 Å². The molecule has 1 saturated heterocycles. The molecule has 0 spiro atoms. The molecule has 4 nitrogen and oxygen atoms in total. The van der Waals surface area contributed by atoms with E-state index in [1.54, 1.807) is 0 Å². The maximum Gasteiger partial charge on any atom is 0.141 e. The van der Waals surface area contributed by atoms with Crippen molar-refractivity contribution in [3.05, 3.63) is 50.1 Å². The average Bonchev–Trinajstić information content (AvgIpc) is 3.31. The van der Waals surface area contributed by atoms with Crippen LogP contribution in [0, 0.1) is 0 Å². The van der Waals surface area contributed by atoms with Crippen LogP contribution < -0.4 is 4.90 Å². The van der Waals surface area contributed by atoms with Gasteiger partial charge >= 0.3 is 0 Å². The van der Waals surface area contributed by atoms with Crippen LogP contribution in [0.1, 0.15) is 35.2 Å². The second-order valence-electron chi connectivity index (χ2n) is 7.85. The van der Waals surface area contributed by atoms with E-state index in [0.29, 0.717) is 5.02 Å². The first-order valence-corrected chi connectivity index (χ1v) is 11.9. The number of aryl methyl sites for hydroxylation is 3. The molecule has 29 heavy (non-hydrogen) atoms. The zero-order valence-corrected chi connectivity index (χ0v) is 18.9. The number of benzene rings is 1. The van der Waals surface area contributed by atoms with E-state index in [1.165, 1.54) is 39.9 Å². The van der Waals surface area contributed by atoms with E-state index in [4.69, 9.17) is 33.2 Å². The molecule has 0 amide bonds. The fourth-order valence-electron chi connectivity index (χ4n) is 4.42. The first kappa shape index (κ1) is 19.6. The minimum absolute atomic E-state index is 0.686. The molecule has 0 radical (unpaired) electrons. The molecule has 1 aliphatic carbocycles. The number of aromatic nitrogens is 2. The van der Waals surface area contributed by atoms with Crippen molar-refractivity contribution in [2.24, 2.45) is 0 Å². The van der Waals surface area contributed by atoms with Crippen molar-refractivity contribution in [3.63, 3.8) is 0 Å². The van der Waals surface area contributed by atoms with Gasteiger partial charge in [-0.3, -0.25) is 4.90 Å². The summed E-state index contributed by atoms with van der Waals surface area (Å²) in [5.41, 5.74) is 2.65. The molecule has 1 aliphatic heterocycles. The highest BCUT2D eigenvalue weighted by Gasteiger charge is 2.26. The van der Waals surface area contributed by atoms with E-state index in [-0.39, 0.29) is 0 Å². The summed E-state index contributed by atoms with van der Waals surface area (Å²) in [5.74, 6) is 2.12. The Kier molecular flexibility index (Phi) is 5.41. The molecule has 3 aromatic rings. The number of rotatable bonds is 4. The highest BCUT2D eigenvalue weighted by molar-refractivity contribution is 7.19. The molecule has 3 heterocycles. The molecule has 1 fully saturated rings. The van der Waals surface area contributed by atoms with Gasteiger partial charge < -0.3 is 4.90 Å². The van der Waals surface area contributed by atoms with Gasteiger partial charge in [-0.2, -0.15) is 0 Å². The third-order valence-electron chi connectivity index (χ3n) is 5.99. The molecule has 0 saturated carbocycles. The first-order valence-electron chi connectivity index (χ1n) is 10.3.